The second-order valence-corrected chi connectivity index (χ2v) is 6.11. The first kappa shape index (κ1) is 15.8. The zero-order valence-electron chi connectivity index (χ0n) is 12.6. The van der Waals surface area contributed by atoms with Crippen molar-refractivity contribution in [1.82, 2.24) is 4.90 Å². The number of rotatable bonds is 5. The zero-order chi connectivity index (χ0) is 15.4. The normalized spacial score (nSPS) is 17.1. The summed E-state index contributed by atoms with van der Waals surface area (Å²) < 4.78 is 13.8. The zero-order valence-corrected chi connectivity index (χ0v) is 12.6. The molecule has 1 aromatic rings. The molecule has 0 amide bonds. The minimum Gasteiger partial charge on any atom is -0.478 e. The molecule has 0 radical (unpaired) electrons. The Balaban J connectivity index is 1.94. The van der Waals surface area contributed by atoms with Gasteiger partial charge < -0.3 is 15.3 Å². The van der Waals surface area contributed by atoms with Crippen LogP contribution in [0.2, 0.25) is 0 Å². The lowest BCUT2D eigenvalue weighted by atomic mass is 10.0. The second kappa shape index (κ2) is 6.89. The van der Waals surface area contributed by atoms with Gasteiger partial charge in [0.05, 0.1) is 11.3 Å². The third-order valence-electron chi connectivity index (χ3n) is 3.78. The summed E-state index contributed by atoms with van der Waals surface area (Å²) in [6, 6.07) is 4.07. The molecule has 1 fully saturated rings. The molecule has 0 unspecified atom stereocenters. The number of anilines is 1. The van der Waals surface area contributed by atoms with Crippen LogP contribution in [0.25, 0.3) is 0 Å². The minimum absolute atomic E-state index is 0.108. The molecule has 2 rings (SSSR count). The number of carboxylic acid groups (broad SMARTS) is 1. The van der Waals surface area contributed by atoms with Crippen LogP contribution in [0, 0.1) is 11.7 Å². The molecule has 0 bridgehead atoms. The smallest absolute Gasteiger partial charge is 0.335 e. The number of piperidine rings is 1. The predicted molar refractivity (Wildman–Crippen MR) is 81.3 cm³/mol. The van der Waals surface area contributed by atoms with Crippen LogP contribution in [-0.2, 0) is 0 Å². The average molecular weight is 294 g/mol. The molecule has 0 aromatic heterocycles. The van der Waals surface area contributed by atoms with Crippen molar-refractivity contribution < 1.29 is 14.3 Å². The van der Waals surface area contributed by atoms with Crippen molar-refractivity contribution >= 4 is 11.7 Å². The van der Waals surface area contributed by atoms with Crippen LogP contribution in [0.15, 0.2) is 18.2 Å². The number of aromatic carboxylic acids is 1. The van der Waals surface area contributed by atoms with Gasteiger partial charge in [-0.1, -0.05) is 13.8 Å². The van der Waals surface area contributed by atoms with Gasteiger partial charge in [0.2, 0.25) is 0 Å². The topological polar surface area (TPSA) is 52.6 Å². The SMILES string of the molecule is CC(C)CN1CCC(Nc2cc(C(=O)O)ccc2F)CC1. The molecule has 0 saturated carbocycles. The number of hydrogen-bond acceptors (Lipinski definition) is 3. The highest BCUT2D eigenvalue weighted by Crippen LogP contribution is 2.21. The summed E-state index contributed by atoms with van der Waals surface area (Å²) in [7, 11) is 0. The first-order valence-corrected chi connectivity index (χ1v) is 7.47. The quantitative estimate of drug-likeness (QED) is 0.876. The summed E-state index contributed by atoms with van der Waals surface area (Å²) in [5, 5.41) is 12.1. The van der Waals surface area contributed by atoms with Crippen molar-refractivity contribution in [3.8, 4) is 0 Å². The molecule has 1 aromatic carbocycles. The summed E-state index contributed by atoms with van der Waals surface area (Å²) in [6.45, 7) is 7.50. The molecule has 1 aliphatic rings. The van der Waals surface area contributed by atoms with Gasteiger partial charge in [0, 0.05) is 25.7 Å². The van der Waals surface area contributed by atoms with Gasteiger partial charge in [0.1, 0.15) is 5.82 Å². The minimum atomic E-state index is -1.04. The number of halogens is 1. The third-order valence-corrected chi connectivity index (χ3v) is 3.78. The highest BCUT2D eigenvalue weighted by atomic mass is 19.1. The van der Waals surface area contributed by atoms with Crippen LogP contribution in [0.5, 0.6) is 0 Å². The van der Waals surface area contributed by atoms with Crippen LogP contribution in [0.4, 0.5) is 10.1 Å². The Morgan fingerprint density at radius 3 is 2.67 bits per heavy atom. The molecule has 0 spiro atoms. The highest BCUT2D eigenvalue weighted by molar-refractivity contribution is 5.88. The van der Waals surface area contributed by atoms with Gasteiger partial charge >= 0.3 is 5.97 Å². The number of benzene rings is 1. The van der Waals surface area contributed by atoms with Gasteiger partial charge in [-0.2, -0.15) is 0 Å². The fourth-order valence-corrected chi connectivity index (χ4v) is 2.77. The van der Waals surface area contributed by atoms with Crippen LogP contribution >= 0.6 is 0 Å². The Morgan fingerprint density at radius 1 is 1.43 bits per heavy atom. The lowest BCUT2D eigenvalue weighted by Crippen LogP contribution is -2.40. The van der Waals surface area contributed by atoms with Crippen molar-refractivity contribution in [3.63, 3.8) is 0 Å². The van der Waals surface area contributed by atoms with Crippen LogP contribution in [0.1, 0.15) is 37.0 Å². The first-order chi connectivity index (χ1) is 9.95. The molecule has 4 nitrogen and oxygen atoms in total. The number of likely N-dealkylation sites (tertiary alicyclic amines) is 1. The van der Waals surface area contributed by atoms with E-state index >= 15 is 0 Å². The molecule has 116 valence electrons. The van der Waals surface area contributed by atoms with E-state index in [-0.39, 0.29) is 17.3 Å². The van der Waals surface area contributed by atoms with Gasteiger partial charge in [0.25, 0.3) is 0 Å². The third kappa shape index (κ3) is 4.43. The van der Waals surface area contributed by atoms with E-state index in [0.717, 1.165) is 32.5 Å². The molecule has 0 aliphatic carbocycles. The lowest BCUT2D eigenvalue weighted by Gasteiger charge is -2.33. The van der Waals surface area contributed by atoms with E-state index in [2.05, 4.69) is 24.1 Å². The Hall–Kier alpha value is -1.62. The molecule has 2 N–H and O–H groups in total. The number of carbonyl (C=O) groups is 1. The van der Waals surface area contributed by atoms with Gasteiger partial charge in [-0.3, -0.25) is 0 Å². The first-order valence-electron chi connectivity index (χ1n) is 7.47. The molecular weight excluding hydrogens is 271 g/mol. The van der Waals surface area contributed by atoms with Crippen molar-refractivity contribution in [2.45, 2.75) is 32.7 Å². The maximum absolute atomic E-state index is 13.8. The average Bonchev–Trinajstić information content (AvgIpc) is 2.42. The van der Waals surface area contributed by atoms with Gasteiger partial charge in [-0.25, -0.2) is 9.18 Å². The molecule has 5 heteroatoms. The summed E-state index contributed by atoms with van der Waals surface area (Å²) >= 11 is 0. The van der Waals surface area contributed by atoms with Crippen molar-refractivity contribution in [1.29, 1.82) is 0 Å². The Morgan fingerprint density at radius 2 is 2.10 bits per heavy atom. The number of carboxylic acids is 1. The summed E-state index contributed by atoms with van der Waals surface area (Å²) in [5.41, 5.74) is 0.397. The summed E-state index contributed by atoms with van der Waals surface area (Å²) in [6.07, 6.45) is 1.90. The lowest BCUT2D eigenvalue weighted by molar-refractivity contribution is 0.0697. The van der Waals surface area contributed by atoms with Crippen molar-refractivity contribution in [2.75, 3.05) is 25.0 Å². The van der Waals surface area contributed by atoms with E-state index in [9.17, 15) is 9.18 Å². The van der Waals surface area contributed by atoms with E-state index < -0.39 is 11.8 Å². The van der Waals surface area contributed by atoms with Gasteiger partial charge in [-0.05, 0) is 37.0 Å². The standard InChI is InChI=1S/C16H23FN2O2/c1-11(2)10-19-7-5-13(6-8-19)18-15-9-12(16(20)21)3-4-14(15)17/h3-4,9,11,13,18H,5-8,10H2,1-2H3,(H,20,21). The molecule has 0 atom stereocenters. The Labute approximate surface area is 125 Å². The van der Waals surface area contributed by atoms with E-state index in [1.54, 1.807) is 0 Å². The molecule has 1 saturated heterocycles. The summed E-state index contributed by atoms with van der Waals surface area (Å²) in [5.74, 6) is -0.784. The Kier molecular flexibility index (Phi) is 5.17. The maximum Gasteiger partial charge on any atom is 0.335 e. The Bertz CT molecular complexity index is 497. The number of nitrogens with one attached hydrogen (secondary N) is 1. The number of nitrogens with zero attached hydrogens (tertiary/aromatic N) is 1. The van der Waals surface area contributed by atoms with E-state index in [1.165, 1.54) is 18.2 Å². The van der Waals surface area contributed by atoms with Gasteiger partial charge in [-0.15, -0.1) is 0 Å². The molecule has 21 heavy (non-hydrogen) atoms. The fraction of sp³-hybridized carbons (Fsp3) is 0.562. The van der Waals surface area contributed by atoms with E-state index in [1.807, 2.05) is 0 Å². The monoisotopic (exact) mass is 294 g/mol. The van der Waals surface area contributed by atoms with Crippen LogP contribution < -0.4 is 5.32 Å². The van der Waals surface area contributed by atoms with Crippen LogP contribution in [0.3, 0.4) is 0 Å². The predicted octanol–water partition coefficient (Wildman–Crippen LogP) is 3.06. The summed E-state index contributed by atoms with van der Waals surface area (Å²) in [4.78, 5) is 13.4. The largest absolute Gasteiger partial charge is 0.478 e. The second-order valence-electron chi connectivity index (χ2n) is 6.11. The van der Waals surface area contributed by atoms with E-state index in [0.29, 0.717) is 5.92 Å². The van der Waals surface area contributed by atoms with Gasteiger partial charge in [0.15, 0.2) is 0 Å². The molecule has 1 heterocycles. The van der Waals surface area contributed by atoms with Crippen molar-refractivity contribution in [2.24, 2.45) is 5.92 Å². The maximum atomic E-state index is 13.8. The van der Waals surface area contributed by atoms with E-state index in [4.69, 9.17) is 5.11 Å². The highest BCUT2D eigenvalue weighted by Gasteiger charge is 2.20. The molecular formula is C16H23FN2O2. The number of hydrogen-bond donors (Lipinski definition) is 2. The van der Waals surface area contributed by atoms with Crippen LogP contribution in [-0.4, -0.2) is 41.7 Å². The van der Waals surface area contributed by atoms with Crippen molar-refractivity contribution in [3.05, 3.63) is 29.6 Å². The fourth-order valence-electron chi connectivity index (χ4n) is 2.77. The molecule has 1 aliphatic heterocycles.